The lowest BCUT2D eigenvalue weighted by molar-refractivity contribution is 0.670. The van der Waals surface area contributed by atoms with Gasteiger partial charge >= 0.3 is 0 Å². The predicted molar refractivity (Wildman–Crippen MR) is 109 cm³/mol. The van der Waals surface area contributed by atoms with Crippen molar-refractivity contribution in [3.8, 4) is 17.3 Å². The van der Waals surface area contributed by atoms with Crippen molar-refractivity contribution < 1.29 is 4.42 Å². The van der Waals surface area contributed by atoms with E-state index in [1.54, 1.807) is 0 Å². The van der Waals surface area contributed by atoms with Crippen LogP contribution in [0.5, 0.6) is 0 Å². The molecule has 0 radical (unpaired) electrons. The number of hydrogen-bond donors (Lipinski definition) is 1. The minimum Gasteiger partial charge on any atom is -0.455 e. The van der Waals surface area contributed by atoms with Crippen molar-refractivity contribution in [3.63, 3.8) is 0 Å². The summed E-state index contributed by atoms with van der Waals surface area (Å²) in [6.07, 6.45) is 3.77. The molecule has 126 valence electrons. The number of aliphatic imine (C=N–C) groups is 1. The summed E-state index contributed by atoms with van der Waals surface area (Å²) in [5, 5.41) is 14.1. The zero-order chi connectivity index (χ0) is 17.9. The van der Waals surface area contributed by atoms with E-state index >= 15 is 0 Å². The molecule has 3 aromatic carbocycles. The van der Waals surface area contributed by atoms with Crippen LogP contribution in [-0.2, 0) is 0 Å². The number of hydrogen-bond acceptors (Lipinski definition) is 4. The molecule has 4 aromatic rings. The molecule has 0 fully saturated rings. The SMILES string of the molecule is CSC(=Nc1ccc(-c2cccc3c2oc2ccccc23)cc1)NC#N. The number of rotatable bonds is 2. The van der Waals surface area contributed by atoms with Crippen LogP contribution in [0.1, 0.15) is 0 Å². The molecule has 1 aromatic heterocycles. The first-order valence-corrected chi connectivity index (χ1v) is 9.31. The van der Waals surface area contributed by atoms with Gasteiger partial charge in [-0.2, -0.15) is 5.26 Å². The molecule has 5 heteroatoms. The number of furan rings is 1. The van der Waals surface area contributed by atoms with E-state index in [-0.39, 0.29) is 0 Å². The average molecular weight is 357 g/mol. The molecule has 0 spiro atoms. The van der Waals surface area contributed by atoms with Gasteiger partial charge in [0, 0.05) is 16.3 Å². The highest BCUT2D eigenvalue weighted by atomic mass is 32.2. The summed E-state index contributed by atoms with van der Waals surface area (Å²) in [5.74, 6) is 0. The second-order valence-corrected chi connectivity index (χ2v) is 6.48. The third kappa shape index (κ3) is 2.92. The molecule has 0 amide bonds. The van der Waals surface area contributed by atoms with E-state index in [0.29, 0.717) is 5.17 Å². The van der Waals surface area contributed by atoms with Crippen LogP contribution in [0, 0.1) is 11.5 Å². The number of para-hydroxylation sites is 2. The van der Waals surface area contributed by atoms with E-state index < -0.39 is 0 Å². The predicted octanol–water partition coefficient (Wildman–Crippen LogP) is 5.67. The van der Waals surface area contributed by atoms with Gasteiger partial charge in [-0.25, -0.2) is 4.99 Å². The Morgan fingerprint density at radius 3 is 2.54 bits per heavy atom. The van der Waals surface area contributed by atoms with E-state index in [4.69, 9.17) is 9.68 Å². The minimum absolute atomic E-state index is 0.569. The second-order valence-electron chi connectivity index (χ2n) is 5.69. The van der Waals surface area contributed by atoms with Gasteiger partial charge in [-0.05, 0) is 30.0 Å². The van der Waals surface area contributed by atoms with Crippen molar-refractivity contribution in [2.45, 2.75) is 0 Å². The van der Waals surface area contributed by atoms with Gasteiger partial charge < -0.3 is 4.42 Å². The van der Waals surface area contributed by atoms with Crippen LogP contribution in [0.15, 0.2) is 76.1 Å². The Bertz CT molecular complexity index is 1150. The van der Waals surface area contributed by atoms with E-state index in [2.05, 4.69) is 28.5 Å². The third-order valence-corrected chi connectivity index (χ3v) is 4.75. The van der Waals surface area contributed by atoms with Crippen LogP contribution < -0.4 is 5.32 Å². The maximum atomic E-state index is 8.73. The van der Waals surface area contributed by atoms with Gasteiger partial charge in [-0.1, -0.05) is 60.3 Å². The summed E-state index contributed by atoms with van der Waals surface area (Å²) in [4.78, 5) is 4.42. The Hall–Kier alpha value is -3.23. The fourth-order valence-corrected chi connectivity index (χ4v) is 3.32. The van der Waals surface area contributed by atoms with Crippen LogP contribution in [-0.4, -0.2) is 11.4 Å². The third-order valence-electron chi connectivity index (χ3n) is 4.17. The fourth-order valence-electron chi connectivity index (χ4n) is 2.98. The Morgan fingerprint density at radius 1 is 1.00 bits per heavy atom. The molecular formula is C21H15N3OS. The summed E-state index contributed by atoms with van der Waals surface area (Å²) < 4.78 is 6.11. The molecule has 0 aliphatic heterocycles. The molecule has 1 N–H and O–H groups in total. The van der Waals surface area contributed by atoms with Gasteiger partial charge in [-0.15, -0.1) is 0 Å². The quantitative estimate of drug-likeness (QED) is 0.217. The van der Waals surface area contributed by atoms with Crippen molar-refractivity contribution in [1.29, 1.82) is 5.26 Å². The molecule has 1 heterocycles. The van der Waals surface area contributed by atoms with Gasteiger partial charge in [0.2, 0.25) is 0 Å². The maximum Gasteiger partial charge on any atom is 0.183 e. The number of nitriles is 1. The first-order valence-electron chi connectivity index (χ1n) is 8.08. The molecule has 0 saturated heterocycles. The van der Waals surface area contributed by atoms with E-state index in [1.807, 2.05) is 61.0 Å². The van der Waals surface area contributed by atoms with Crippen LogP contribution in [0.2, 0.25) is 0 Å². The number of fused-ring (bicyclic) bond motifs is 3. The highest BCUT2D eigenvalue weighted by Crippen LogP contribution is 2.36. The van der Waals surface area contributed by atoms with Gasteiger partial charge in [-0.3, -0.25) is 5.32 Å². The van der Waals surface area contributed by atoms with Crippen molar-refractivity contribution in [1.82, 2.24) is 5.32 Å². The van der Waals surface area contributed by atoms with E-state index in [1.165, 1.54) is 11.8 Å². The molecule has 0 atom stereocenters. The molecule has 0 aliphatic rings. The number of benzene rings is 3. The molecule has 26 heavy (non-hydrogen) atoms. The van der Waals surface area contributed by atoms with Crippen molar-refractivity contribution in [2.75, 3.05) is 6.26 Å². The number of nitrogens with zero attached hydrogens (tertiary/aromatic N) is 2. The number of nitrogens with one attached hydrogen (secondary N) is 1. The van der Waals surface area contributed by atoms with Crippen molar-refractivity contribution in [3.05, 3.63) is 66.7 Å². The summed E-state index contributed by atoms with van der Waals surface area (Å²) in [6, 6.07) is 22.2. The highest BCUT2D eigenvalue weighted by molar-refractivity contribution is 8.13. The Balaban J connectivity index is 1.78. The van der Waals surface area contributed by atoms with E-state index in [0.717, 1.165) is 38.8 Å². The molecule has 0 saturated carbocycles. The molecule has 4 rings (SSSR count). The van der Waals surface area contributed by atoms with Crippen LogP contribution in [0.3, 0.4) is 0 Å². The van der Waals surface area contributed by atoms with Gasteiger partial charge in [0.1, 0.15) is 11.2 Å². The summed E-state index contributed by atoms with van der Waals surface area (Å²) in [5.41, 5.74) is 4.68. The monoisotopic (exact) mass is 357 g/mol. The molecule has 0 bridgehead atoms. The Labute approximate surface area is 155 Å². The molecule has 0 aliphatic carbocycles. The zero-order valence-corrected chi connectivity index (χ0v) is 14.9. The van der Waals surface area contributed by atoms with Crippen LogP contribution in [0.25, 0.3) is 33.1 Å². The van der Waals surface area contributed by atoms with E-state index in [9.17, 15) is 0 Å². The lowest BCUT2D eigenvalue weighted by Gasteiger charge is -2.04. The lowest BCUT2D eigenvalue weighted by Crippen LogP contribution is -2.12. The van der Waals surface area contributed by atoms with Crippen LogP contribution >= 0.6 is 11.8 Å². The largest absolute Gasteiger partial charge is 0.455 e. The molecule has 4 nitrogen and oxygen atoms in total. The van der Waals surface area contributed by atoms with Gasteiger partial charge in [0.05, 0.1) is 5.69 Å². The normalized spacial score (nSPS) is 11.6. The summed E-state index contributed by atoms with van der Waals surface area (Å²) >= 11 is 1.40. The lowest BCUT2D eigenvalue weighted by atomic mass is 10.0. The summed E-state index contributed by atoms with van der Waals surface area (Å²) in [6.45, 7) is 0. The minimum atomic E-state index is 0.569. The first kappa shape index (κ1) is 16.2. The topological polar surface area (TPSA) is 61.3 Å². The van der Waals surface area contributed by atoms with Gasteiger partial charge in [0.15, 0.2) is 11.4 Å². The fraction of sp³-hybridized carbons (Fsp3) is 0.0476. The standard InChI is InChI=1S/C21H15N3OS/c1-26-21(23-13-22)24-15-11-9-14(10-12-15)16-6-4-7-18-17-5-2-3-8-19(17)25-20(16)18/h2-12H,1H3,(H,23,24). The van der Waals surface area contributed by atoms with Crippen LogP contribution in [0.4, 0.5) is 5.69 Å². The van der Waals surface area contributed by atoms with Crippen molar-refractivity contribution in [2.24, 2.45) is 4.99 Å². The average Bonchev–Trinajstić information content (AvgIpc) is 3.07. The van der Waals surface area contributed by atoms with Gasteiger partial charge in [0.25, 0.3) is 0 Å². The first-order chi connectivity index (χ1) is 12.8. The number of thioether (sulfide) groups is 1. The highest BCUT2D eigenvalue weighted by Gasteiger charge is 2.11. The molecular weight excluding hydrogens is 342 g/mol. The zero-order valence-electron chi connectivity index (χ0n) is 14.1. The van der Waals surface area contributed by atoms with Crippen molar-refractivity contribution >= 4 is 44.6 Å². The molecule has 0 unspecified atom stereocenters. The second kappa shape index (κ2) is 6.95. The Kier molecular flexibility index (Phi) is 4.34. The maximum absolute atomic E-state index is 8.73. The Morgan fingerprint density at radius 2 is 1.77 bits per heavy atom. The number of amidine groups is 1. The summed E-state index contributed by atoms with van der Waals surface area (Å²) in [7, 11) is 0. The smallest absolute Gasteiger partial charge is 0.183 e.